The number of hydrogen-bond acceptors (Lipinski definition) is 9. The van der Waals surface area contributed by atoms with Gasteiger partial charge in [-0.3, -0.25) is 19.6 Å². The molecule has 254 valence electrons. The number of imide groups is 1. The zero-order valence-electron chi connectivity index (χ0n) is 28.5. The van der Waals surface area contributed by atoms with E-state index in [1.165, 1.54) is 23.2 Å². The largest absolute Gasteiger partial charge is 0.380 e. The number of aryl methyl sites for hydroxylation is 1. The van der Waals surface area contributed by atoms with Gasteiger partial charge in [0, 0.05) is 85.8 Å². The molecule has 1 spiro atoms. The number of fused-ring (bicyclic) bond motifs is 2. The van der Waals surface area contributed by atoms with Gasteiger partial charge in [0.05, 0.1) is 42.1 Å². The highest BCUT2D eigenvalue weighted by atomic mass is 16.5. The average Bonchev–Trinajstić information content (AvgIpc) is 4.00. The molecule has 2 atom stereocenters. The molecular weight excluding hydrogens is 630 g/mol. The topological polar surface area (TPSA) is 112 Å². The molecule has 50 heavy (non-hydrogen) atoms. The number of aromatic nitrogens is 5. The van der Waals surface area contributed by atoms with Crippen LogP contribution in [0.3, 0.4) is 0 Å². The number of rotatable bonds is 8. The van der Waals surface area contributed by atoms with Gasteiger partial charge in [-0.2, -0.15) is 0 Å². The summed E-state index contributed by atoms with van der Waals surface area (Å²) in [6.45, 7) is 6.32. The van der Waals surface area contributed by atoms with Crippen molar-refractivity contribution < 1.29 is 14.3 Å². The third-order valence-electron chi connectivity index (χ3n) is 11.3. The second kappa shape index (κ2) is 10.7. The van der Waals surface area contributed by atoms with E-state index in [4.69, 9.17) is 19.7 Å². The Labute approximate surface area is 289 Å². The second-order valence-corrected chi connectivity index (χ2v) is 15.2. The summed E-state index contributed by atoms with van der Waals surface area (Å²) in [7, 11) is 3.61. The SMILES string of the molecule is Cc1ccnc([C@H]2C[C@@H]2c2cc(N3CC4(COC4)C3)c3ccc(N(C)Cc4cn5cc(C6CC6)cc(N6CC(=O)N(C)C6=O)c5n4)cc3n2)n1. The highest BCUT2D eigenvalue weighted by Gasteiger charge is 2.50. The fourth-order valence-corrected chi connectivity index (χ4v) is 8.06. The number of urea groups is 1. The summed E-state index contributed by atoms with van der Waals surface area (Å²) in [5.41, 5.74) is 9.10. The summed E-state index contributed by atoms with van der Waals surface area (Å²) < 4.78 is 7.60. The van der Waals surface area contributed by atoms with Crippen LogP contribution >= 0.6 is 0 Å². The molecule has 2 aliphatic carbocycles. The van der Waals surface area contributed by atoms with Crippen molar-refractivity contribution in [2.75, 3.05) is 61.6 Å². The molecule has 5 aliphatic rings. The van der Waals surface area contributed by atoms with Crippen LogP contribution in [0.5, 0.6) is 0 Å². The molecule has 1 aromatic carbocycles. The Bertz CT molecular complexity index is 2230. The highest BCUT2D eigenvalue weighted by Crippen LogP contribution is 2.54. The van der Waals surface area contributed by atoms with Crippen LogP contribution < -0.4 is 14.7 Å². The molecule has 12 nitrogen and oxygen atoms in total. The predicted octanol–water partition coefficient (Wildman–Crippen LogP) is 5.00. The average molecular weight is 670 g/mol. The Hall–Kier alpha value is -5.10. The number of ether oxygens (including phenoxy) is 1. The number of carbonyl (C=O) groups is 2. The van der Waals surface area contributed by atoms with Crippen molar-refractivity contribution in [3.63, 3.8) is 0 Å². The van der Waals surface area contributed by atoms with Gasteiger partial charge in [-0.1, -0.05) is 0 Å². The maximum absolute atomic E-state index is 13.0. The van der Waals surface area contributed by atoms with E-state index in [-0.39, 0.29) is 24.4 Å². The van der Waals surface area contributed by atoms with E-state index in [0.717, 1.165) is 85.1 Å². The van der Waals surface area contributed by atoms with E-state index < -0.39 is 0 Å². The Morgan fingerprint density at radius 2 is 1.82 bits per heavy atom. The molecule has 5 aromatic rings. The lowest BCUT2D eigenvalue weighted by molar-refractivity contribution is -0.126. The van der Waals surface area contributed by atoms with Gasteiger partial charge >= 0.3 is 6.03 Å². The molecule has 10 rings (SSSR count). The van der Waals surface area contributed by atoms with Crippen molar-refractivity contribution in [2.45, 2.75) is 50.5 Å². The number of hydrogen-bond donors (Lipinski definition) is 0. The third kappa shape index (κ3) is 4.83. The van der Waals surface area contributed by atoms with E-state index >= 15 is 0 Å². The van der Waals surface area contributed by atoms with Gasteiger partial charge in [0.15, 0.2) is 5.65 Å². The van der Waals surface area contributed by atoms with Crippen molar-refractivity contribution >= 4 is 45.6 Å². The van der Waals surface area contributed by atoms with E-state index in [1.807, 2.05) is 29.8 Å². The quantitative estimate of drug-likeness (QED) is 0.211. The van der Waals surface area contributed by atoms with Gasteiger partial charge in [0.25, 0.3) is 0 Å². The minimum absolute atomic E-state index is 0.0289. The molecule has 3 saturated heterocycles. The maximum atomic E-state index is 13.0. The van der Waals surface area contributed by atoms with Crippen LogP contribution in [0.4, 0.5) is 21.9 Å². The van der Waals surface area contributed by atoms with E-state index in [1.54, 1.807) is 4.90 Å². The second-order valence-electron chi connectivity index (χ2n) is 15.2. The van der Waals surface area contributed by atoms with Crippen LogP contribution in [0.1, 0.15) is 65.5 Å². The van der Waals surface area contributed by atoms with E-state index in [0.29, 0.717) is 35.1 Å². The van der Waals surface area contributed by atoms with Gasteiger partial charge in [0.1, 0.15) is 12.4 Å². The fourth-order valence-electron chi connectivity index (χ4n) is 8.06. The summed E-state index contributed by atoms with van der Waals surface area (Å²) >= 11 is 0. The van der Waals surface area contributed by atoms with Crippen LogP contribution in [-0.2, 0) is 16.1 Å². The molecule has 5 fully saturated rings. The van der Waals surface area contributed by atoms with Crippen LogP contribution in [-0.4, -0.2) is 88.1 Å². The Balaban J connectivity index is 0.970. The van der Waals surface area contributed by atoms with Gasteiger partial charge in [-0.15, -0.1) is 0 Å². The number of likely N-dealkylation sites (N-methyl/N-ethyl adjacent to an activating group) is 1. The summed E-state index contributed by atoms with van der Waals surface area (Å²) in [4.78, 5) is 52.5. The number of amides is 3. The zero-order chi connectivity index (χ0) is 33.9. The van der Waals surface area contributed by atoms with Crippen molar-refractivity contribution in [1.29, 1.82) is 0 Å². The van der Waals surface area contributed by atoms with Crippen molar-refractivity contribution in [3.8, 4) is 0 Å². The Kier molecular flexibility index (Phi) is 6.37. The summed E-state index contributed by atoms with van der Waals surface area (Å²) in [6, 6.07) is 12.6. The molecule has 3 aliphatic heterocycles. The molecule has 0 unspecified atom stereocenters. The minimum atomic E-state index is -0.313. The van der Waals surface area contributed by atoms with Crippen molar-refractivity contribution in [2.24, 2.45) is 5.41 Å². The Morgan fingerprint density at radius 1 is 0.980 bits per heavy atom. The molecule has 12 heteroatoms. The molecule has 0 radical (unpaired) electrons. The van der Waals surface area contributed by atoms with Crippen LogP contribution in [0, 0.1) is 12.3 Å². The number of nitrogens with zero attached hydrogens (tertiary/aromatic N) is 9. The van der Waals surface area contributed by atoms with Gasteiger partial charge in [-0.25, -0.2) is 19.7 Å². The first-order chi connectivity index (χ1) is 24.2. The standard InChI is InChI=1S/C38H39N9O3/c1-22-8-9-39-35(40-22)29-12-28(29)31-13-32(46-18-38(19-46)20-50-21-38)27-7-6-26(11-30(27)42-31)43(2)15-25-16-45-14-24(23-4-5-23)10-33(36(45)41-25)47-17-34(48)44(3)37(47)49/h6-11,13-14,16,23,28-29H,4-5,12,15,17-21H2,1-3H3/t28-,29-/m0/s1. The first kappa shape index (κ1) is 29.8. The van der Waals surface area contributed by atoms with Crippen LogP contribution in [0.15, 0.2) is 55.0 Å². The minimum Gasteiger partial charge on any atom is -0.380 e. The van der Waals surface area contributed by atoms with Crippen molar-refractivity contribution in [3.05, 3.63) is 83.5 Å². The third-order valence-corrected chi connectivity index (χ3v) is 11.3. The number of imidazole rings is 1. The number of anilines is 3. The zero-order valence-corrected chi connectivity index (χ0v) is 28.5. The molecular formula is C38H39N9O3. The van der Waals surface area contributed by atoms with E-state index in [9.17, 15) is 9.59 Å². The van der Waals surface area contributed by atoms with Crippen molar-refractivity contribution in [1.82, 2.24) is 29.2 Å². The molecule has 7 heterocycles. The smallest absolute Gasteiger partial charge is 0.331 e. The summed E-state index contributed by atoms with van der Waals surface area (Å²) in [5, 5.41) is 1.16. The Morgan fingerprint density at radius 3 is 2.54 bits per heavy atom. The predicted molar refractivity (Wildman–Crippen MR) is 189 cm³/mol. The lowest BCUT2D eigenvalue weighted by Gasteiger charge is -2.56. The number of carbonyl (C=O) groups excluding carboxylic acids is 2. The number of benzene rings is 1. The first-order valence-corrected chi connectivity index (χ1v) is 17.6. The van der Waals surface area contributed by atoms with Crippen LogP contribution in [0.2, 0.25) is 0 Å². The van der Waals surface area contributed by atoms with E-state index in [2.05, 4.69) is 58.4 Å². The summed E-state index contributed by atoms with van der Waals surface area (Å²) in [5.74, 6) is 1.77. The molecule has 2 saturated carbocycles. The normalized spacial score (nSPS) is 22.5. The lowest BCUT2D eigenvalue weighted by Crippen LogP contribution is -2.66. The van der Waals surface area contributed by atoms with Gasteiger partial charge in [0.2, 0.25) is 5.91 Å². The van der Waals surface area contributed by atoms with Gasteiger partial charge in [-0.05, 0) is 74.1 Å². The monoisotopic (exact) mass is 669 g/mol. The molecule has 3 amide bonds. The summed E-state index contributed by atoms with van der Waals surface area (Å²) in [6.07, 6.45) is 9.31. The maximum Gasteiger partial charge on any atom is 0.331 e. The lowest BCUT2D eigenvalue weighted by atomic mass is 9.77. The first-order valence-electron chi connectivity index (χ1n) is 17.6. The molecule has 4 aromatic heterocycles. The molecule has 0 N–H and O–H groups in total. The highest BCUT2D eigenvalue weighted by molar-refractivity contribution is 6.13. The van der Waals surface area contributed by atoms with Gasteiger partial charge < -0.3 is 18.9 Å². The fraction of sp³-hybridized carbons (Fsp3) is 0.421. The molecule has 0 bridgehead atoms. The number of pyridine rings is 2. The van der Waals surface area contributed by atoms with Crippen LogP contribution in [0.25, 0.3) is 16.6 Å².